The zero-order chi connectivity index (χ0) is 20.6. The number of aryl methyl sites for hydroxylation is 1. The summed E-state index contributed by atoms with van der Waals surface area (Å²) in [6, 6.07) is 13.5. The maximum Gasteiger partial charge on any atom is 0.251 e. The van der Waals surface area contributed by atoms with Crippen LogP contribution >= 0.6 is 0 Å². The molecule has 2 N–H and O–H groups in total. The molecule has 1 heterocycles. The van der Waals surface area contributed by atoms with Crippen LogP contribution in [0.5, 0.6) is 0 Å². The molecule has 1 saturated heterocycles. The van der Waals surface area contributed by atoms with Crippen molar-refractivity contribution < 1.29 is 18.7 Å². The predicted octanol–water partition coefficient (Wildman–Crippen LogP) is 2.05. The number of carbonyl (C=O) groups excluding carboxylic acids is 2. The molecule has 2 aromatic rings. The van der Waals surface area contributed by atoms with E-state index in [4.69, 9.17) is 4.74 Å². The van der Waals surface area contributed by atoms with Crippen LogP contribution in [-0.4, -0.2) is 56.1 Å². The molecule has 6 nitrogen and oxygen atoms in total. The van der Waals surface area contributed by atoms with Crippen molar-refractivity contribution in [3.63, 3.8) is 0 Å². The lowest BCUT2D eigenvalue weighted by Gasteiger charge is -2.35. The van der Waals surface area contributed by atoms with Gasteiger partial charge in [0.25, 0.3) is 5.91 Å². The first-order valence-corrected chi connectivity index (χ1v) is 9.72. The number of carbonyl (C=O) groups is 2. The molecule has 3 rings (SSSR count). The standard InChI is InChI=1S/C22H26FN3O3/c1-16-4-2-3-5-19(16)22(28)25-15-21(27)24-14-20(26-10-12-29-13-11-26)17-6-8-18(23)9-7-17/h2-9,20H,10-15H2,1H3,(H,24,27)(H,25,28). The second-order valence-electron chi connectivity index (χ2n) is 7.02. The number of ether oxygens (including phenoxy) is 1. The summed E-state index contributed by atoms with van der Waals surface area (Å²) < 4.78 is 18.7. The molecule has 0 radical (unpaired) electrons. The van der Waals surface area contributed by atoms with Gasteiger partial charge < -0.3 is 15.4 Å². The molecule has 29 heavy (non-hydrogen) atoms. The minimum absolute atomic E-state index is 0.0875. The third kappa shape index (κ3) is 5.85. The third-order valence-corrected chi connectivity index (χ3v) is 5.03. The summed E-state index contributed by atoms with van der Waals surface area (Å²) in [5.74, 6) is -0.841. The van der Waals surface area contributed by atoms with Gasteiger partial charge in [0.15, 0.2) is 0 Å². The highest BCUT2D eigenvalue weighted by Crippen LogP contribution is 2.21. The van der Waals surface area contributed by atoms with E-state index in [9.17, 15) is 14.0 Å². The summed E-state index contributed by atoms with van der Waals surface area (Å²) in [5.41, 5.74) is 2.34. The molecule has 1 unspecified atom stereocenters. The Balaban J connectivity index is 1.57. The largest absolute Gasteiger partial charge is 0.379 e. The minimum Gasteiger partial charge on any atom is -0.379 e. The van der Waals surface area contributed by atoms with Gasteiger partial charge in [-0.25, -0.2) is 4.39 Å². The number of halogens is 1. The lowest BCUT2D eigenvalue weighted by atomic mass is 10.0. The van der Waals surface area contributed by atoms with Gasteiger partial charge >= 0.3 is 0 Å². The molecule has 154 valence electrons. The molecule has 0 saturated carbocycles. The van der Waals surface area contributed by atoms with E-state index in [-0.39, 0.29) is 30.2 Å². The van der Waals surface area contributed by atoms with Crippen molar-refractivity contribution in [2.24, 2.45) is 0 Å². The van der Waals surface area contributed by atoms with Crippen molar-refractivity contribution in [3.05, 3.63) is 71.0 Å². The fraction of sp³-hybridized carbons (Fsp3) is 0.364. The monoisotopic (exact) mass is 399 g/mol. The maximum atomic E-state index is 13.3. The van der Waals surface area contributed by atoms with E-state index in [1.807, 2.05) is 19.1 Å². The van der Waals surface area contributed by atoms with Crippen molar-refractivity contribution in [1.82, 2.24) is 15.5 Å². The van der Waals surface area contributed by atoms with Gasteiger partial charge in [0.1, 0.15) is 5.82 Å². The first kappa shape index (κ1) is 21.0. The van der Waals surface area contributed by atoms with Gasteiger partial charge in [-0.1, -0.05) is 30.3 Å². The highest BCUT2D eigenvalue weighted by molar-refractivity contribution is 5.97. The summed E-state index contributed by atoms with van der Waals surface area (Å²) in [6.45, 7) is 4.84. The molecule has 0 aromatic heterocycles. The van der Waals surface area contributed by atoms with Gasteiger partial charge in [-0.2, -0.15) is 0 Å². The molecular weight excluding hydrogens is 373 g/mol. The van der Waals surface area contributed by atoms with Crippen molar-refractivity contribution >= 4 is 11.8 Å². The van der Waals surface area contributed by atoms with Crippen LogP contribution in [0.25, 0.3) is 0 Å². The Kier molecular flexibility index (Phi) is 7.32. The Hall–Kier alpha value is -2.77. The second-order valence-corrected chi connectivity index (χ2v) is 7.02. The number of nitrogens with zero attached hydrogens (tertiary/aromatic N) is 1. The molecular formula is C22H26FN3O3. The number of benzene rings is 2. The van der Waals surface area contributed by atoms with Crippen LogP contribution in [0.3, 0.4) is 0 Å². The lowest BCUT2D eigenvalue weighted by Crippen LogP contribution is -2.45. The van der Waals surface area contributed by atoms with E-state index in [2.05, 4.69) is 15.5 Å². The second kappa shape index (κ2) is 10.1. The summed E-state index contributed by atoms with van der Waals surface area (Å²) in [4.78, 5) is 26.8. The van der Waals surface area contributed by atoms with E-state index >= 15 is 0 Å². The topological polar surface area (TPSA) is 70.7 Å². The van der Waals surface area contributed by atoms with E-state index in [1.165, 1.54) is 12.1 Å². The fourth-order valence-electron chi connectivity index (χ4n) is 3.39. The highest BCUT2D eigenvalue weighted by Gasteiger charge is 2.23. The molecule has 1 aliphatic heterocycles. The summed E-state index contributed by atoms with van der Waals surface area (Å²) in [5, 5.41) is 5.54. The number of rotatable bonds is 7. The van der Waals surface area contributed by atoms with Crippen LogP contribution in [0.4, 0.5) is 4.39 Å². The third-order valence-electron chi connectivity index (χ3n) is 5.03. The van der Waals surface area contributed by atoms with Crippen LogP contribution in [0.1, 0.15) is 27.5 Å². The Morgan fingerprint density at radius 3 is 2.45 bits per heavy atom. The average molecular weight is 399 g/mol. The van der Waals surface area contributed by atoms with Gasteiger partial charge in [-0.05, 0) is 36.2 Å². The average Bonchev–Trinajstić information content (AvgIpc) is 2.74. The smallest absolute Gasteiger partial charge is 0.251 e. The van der Waals surface area contributed by atoms with Gasteiger partial charge in [0, 0.05) is 25.2 Å². The molecule has 0 spiro atoms. The Labute approximate surface area is 170 Å². The highest BCUT2D eigenvalue weighted by atomic mass is 19.1. The van der Waals surface area contributed by atoms with Gasteiger partial charge in [0.05, 0.1) is 25.8 Å². The molecule has 2 amide bonds. The zero-order valence-corrected chi connectivity index (χ0v) is 16.5. The van der Waals surface area contributed by atoms with E-state index in [1.54, 1.807) is 24.3 Å². The van der Waals surface area contributed by atoms with Gasteiger partial charge in [-0.3, -0.25) is 14.5 Å². The maximum absolute atomic E-state index is 13.3. The molecule has 0 aliphatic carbocycles. The molecule has 1 fully saturated rings. The summed E-state index contributed by atoms with van der Waals surface area (Å²) in [7, 11) is 0. The van der Waals surface area contributed by atoms with E-state index in [0.717, 1.165) is 24.2 Å². The number of hydrogen-bond donors (Lipinski definition) is 2. The van der Waals surface area contributed by atoms with Gasteiger partial charge in [-0.15, -0.1) is 0 Å². The van der Waals surface area contributed by atoms with Crippen molar-refractivity contribution in [2.45, 2.75) is 13.0 Å². The predicted molar refractivity (Wildman–Crippen MR) is 108 cm³/mol. The van der Waals surface area contributed by atoms with Crippen LogP contribution in [0, 0.1) is 12.7 Å². The van der Waals surface area contributed by atoms with Crippen LogP contribution < -0.4 is 10.6 Å². The SMILES string of the molecule is Cc1ccccc1C(=O)NCC(=O)NCC(c1ccc(F)cc1)N1CCOCC1. The van der Waals surface area contributed by atoms with E-state index in [0.29, 0.717) is 25.3 Å². The fourth-order valence-corrected chi connectivity index (χ4v) is 3.39. The first-order valence-electron chi connectivity index (χ1n) is 9.72. The van der Waals surface area contributed by atoms with Crippen molar-refractivity contribution in [1.29, 1.82) is 0 Å². The van der Waals surface area contributed by atoms with Gasteiger partial charge in [0.2, 0.25) is 5.91 Å². The minimum atomic E-state index is -0.294. The molecule has 2 aromatic carbocycles. The number of hydrogen-bond acceptors (Lipinski definition) is 4. The van der Waals surface area contributed by atoms with Crippen LogP contribution in [-0.2, 0) is 9.53 Å². The molecule has 0 bridgehead atoms. The summed E-state index contributed by atoms with van der Waals surface area (Å²) in [6.07, 6.45) is 0. The lowest BCUT2D eigenvalue weighted by molar-refractivity contribution is -0.120. The quantitative estimate of drug-likeness (QED) is 0.748. The Bertz CT molecular complexity index is 835. The van der Waals surface area contributed by atoms with Crippen LogP contribution in [0.15, 0.2) is 48.5 Å². The van der Waals surface area contributed by atoms with Crippen LogP contribution in [0.2, 0.25) is 0 Å². The number of amides is 2. The van der Waals surface area contributed by atoms with E-state index < -0.39 is 0 Å². The first-order chi connectivity index (χ1) is 14.0. The Morgan fingerprint density at radius 1 is 1.07 bits per heavy atom. The molecule has 7 heteroatoms. The number of nitrogens with one attached hydrogen (secondary N) is 2. The number of morpholine rings is 1. The Morgan fingerprint density at radius 2 is 1.76 bits per heavy atom. The zero-order valence-electron chi connectivity index (χ0n) is 16.5. The van der Waals surface area contributed by atoms with Crippen molar-refractivity contribution in [2.75, 3.05) is 39.4 Å². The molecule has 1 atom stereocenters. The normalized spacial score (nSPS) is 15.5. The van der Waals surface area contributed by atoms with Crippen molar-refractivity contribution in [3.8, 4) is 0 Å². The molecule has 1 aliphatic rings. The summed E-state index contributed by atoms with van der Waals surface area (Å²) >= 11 is 0.